The number of furan rings is 1. The van der Waals surface area contributed by atoms with Crippen LogP contribution in [0.4, 0.5) is 4.79 Å². The van der Waals surface area contributed by atoms with Gasteiger partial charge in [-0.05, 0) is 49.6 Å². The van der Waals surface area contributed by atoms with E-state index in [2.05, 4.69) is 22.3 Å². The smallest absolute Gasteiger partial charge is 0.317 e. The van der Waals surface area contributed by atoms with Gasteiger partial charge in [0.2, 0.25) is 0 Å². The molecule has 2 heterocycles. The van der Waals surface area contributed by atoms with Crippen LogP contribution in [0.3, 0.4) is 0 Å². The number of aryl methyl sites for hydroxylation is 1. The minimum Gasteiger partial charge on any atom is -0.469 e. The Morgan fingerprint density at radius 3 is 2.74 bits per heavy atom. The van der Waals surface area contributed by atoms with E-state index >= 15 is 0 Å². The zero-order chi connectivity index (χ0) is 19.1. The SMILES string of the molecule is C[C@H](CCc1ccco1)NC(=O)N1CCCN(Cc2ccc(Cl)cc2)CC1. The number of urea groups is 1. The molecule has 1 saturated heterocycles. The number of nitrogens with one attached hydrogen (secondary N) is 1. The van der Waals surface area contributed by atoms with Gasteiger partial charge in [0.25, 0.3) is 0 Å². The summed E-state index contributed by atoms with van der Waals surface area (Å²) in [5.41, 5.74) is 1.25. The summed E-state index contributed by atoms with van der Waals surface area (Å²) >= 11 is 5.96. The molecule has 0 radical (unpaired) electrons. The van der Waals surface area contributed by atoms with Crippen molar-refractivity contribution in [2.24, 2.45) is 0 Å². The molecule has 146 valence electrons. The summed E-state index contributed by atoms with van der Waals surface area (Å²) in [4.78, 5) is 16.9. The van der Waals surface area contributed by atoms with Gasteiger partial charge in [-0.1, -0.05) is 23.7 Å². The average molecular weight is 390 g/mol. The highest BCUT2D eigenvalue weighted by molar-refractivity contribution is 6.30. The maximum absolute atomic E-state index is 12.6. The number of hydrogen-bond donors (Lipinski definition) is 1. The Morgan fingerprint density at radius 1 is 1.19 bits per heavy atom. The monoisotopic (exact) mass is 389 g/mol. The molecule has 2 amide bonds. The van der Waals surface area contributed by atoms with Crippen molar-refractivity contribution in [3.8, 4) is 0 Å². The van der Waals surface area contributed by atoms with E-state index in [9.17, 15) is 4.79 Å². The number of carbonyl (C=O) groups excluding carboxylic acids is 1. The van der Waals surface area contributed by atoms with E-state index < -0.39 is 0 Å². The molecular formula is C21H28ClN3O2. The van der Waals surface area contributed by atoms with Crippen molar-refractivity contribution in [3.05, 3.63) is 59.0 Å². The third-order valence-corrected chi connectivity index (χ3v) is 5.22. The van der Waals surface area contributed by atoms with Crippen LogP contribution in [0.5, 0.6) is 0 Å². The van der Waals surface area contributed by atoms with E-state index in [1.165, 1.54) is 5.56 Å². The first-order valence-electron chi connectivity index (χ1n) is 9.65. The summed E-state index contributed by atoms with van der Waals surface area (Å²) in [6.45, 7) is 6.38. The predicted molar refractivity (Wildman–Crippen MR) is 108 cm³/mol. The summed E-state index contributed by atoms with van der Waals surface area (Å²) in [7, 11) is 0. The van der Waals surface area contributed by atoms with Gasteiger partial charge in [-0.15, -0.1) is 0 Å². The second-order valence-electron chi connectivity index (χ2n) is 7.21. The summed E-state index contributed by atoms with van der Waals surface area (Å²) in [5.74, 6) is 0.962. The molecule has 27 heavy (non-hydrogen) atoms. The Kier molecular flexibility index (Phi) is 7.18. The van der Waals surface area contributed by atoms with Gasteiger partial charge in [0.05, 0.1) is 6.26 Å². The van der Waals surface area contributed by atoms with Crippen molar-refractivity contribution in [1.82, 2.24) is 15.1 Å². The van der Waals surface area contributed by atoms with Gasteiger partial charge in [0.1, 0.15) is 5.76 Å². The lowest BCUT2D eigenvalue weighted by Gasteiger charge is -2.24. The number of carbonyl (C=O) groups is 1. The quantitative estimate of drug-likeness (QED) is 0.806. The molecule has 3 rings (SSSR count). The lowest BCUT2D eigenvalue weighted by Crippen LogP contribution is -2.45. The van der Waals surface area contributed by atoms with Gasteiger partial charge in [0, 0.05) is 50.2 Å². The van der Waals surface area contributed by atoms with E-state index in [1.54, 1.807) is 6.26 Å². The van der Waals surface area contributed by atoms with Crippen LogP contribution >= 0.6 is 11.6 Å². The fraction of sp³-hybridized carbons (Fsp3) is 0.476. The normalized spacial score (nSPS) is 16.7. The van der Waals surface area contributed by atoms with Crippen molar-refractivity contribution < 1.29 is 9.21 Å². The summed E-state index contributed by atoms with van der Waals surface area (Å²) in [5, 5.41) is 3.89. The molecule has 1 fully saturated rings. The fourth-order valence-corrected chi connectivity index (χ4v) is 3.49. The van der Waals surface area contributed by atoms with E-state index in [0.29, 0.717) is 0 Å². The fourth-order valence-electron chi connectivity index (χ4n) is 3.37. The Balaban J connectivity index is 1.42. The van der Waals surface area contributed by atoms with Gasteiger partial charge in [0.15, 0.2) is 0 Å². The molecule has 6 heteroatoms. The number of halogens is 1. The summed E-state index contributed by atoms with van der Waals surface area (Å²) < 4.78 is 5.35. The van der Waals surface area contributed by atoms with Gasteiger partial charge in [-0.3, -0.25) is 4.90 Å². The average Bonchev–Trinajstić information content (AvgIpc) is 3.07. The molecule has 2 aromatic rings. The largest absolute Gasteiger partial charge is 0.469 e. The van der Waals surface area contributed by atoms with Crippen LogP contribution in [0.1, 0.15) is 31.1 Å². The molecular weight excluding hydrogens is 362 g/mol. The van der Waals surface area contributed by atoms with E-state index in [-0.39, 0.29) is 12.1 Å². The van der Waals surface area contributed by atoms with Gasteiger partial charge in [-0.25, -0.2) is 4.79 Å². The molecule has 0 unspecified atom stereocenters. The molecule has 0 bridgehead atoms. The van der Waals surface area contributed by atoms with E-state index in [1.807, 2.05) is 36.1 Å². The maximum Gasteiger partial charge on any atom is 0.317 e. The molecule has 1 aliphatic heterocycles. The second-order valence-corrected chi connectivity index (χ2v) is 7.65. The van der Waals surface area contributed by atoms with Crippen LogP contribution in [0, 0.1) is 0 Å². The van der Waals surface area contributed by atoms with Gasteiger partial charge in [-0.2, -0.15) is 0 Å². The van der Waals surface area contributed by atoms with Crippen molar-refractivity contribution in [2.75, 3.05) is 26.2 Å². The van der Waals surface area contributed by atoms with Crippen LogP contribution in [0.2, 0.25) is 5.02 Å². The molecule has 0 aliphatic carbocycles. The van der Waals surface area contributed by atoms with Crippen LogP contribution in [0.15, 0.2) is 47.1 Å². The number of benzene rings is 1. The topological polar surface area (TPSA) is 48.7 Å². The van der Waals surface area contributed by atoms with E-state index in [4.69, 9.17) is 16.0 Å². The molecule has 1 atom stereocenters. The van der Waals surface area contributed by atoms with Crippen LogP contribution in [-0.2, 0) is 13.0 Å². The summed E-state index contributed by atoms with van der Waals surface area (Å²) in [6, 6.07) is 12.0. The number of hydrogen-bond acceptors (Lipinski definition) is 3. The number of rotatable bonds is 6. The third kappa shape index (κ3) is 6.29. The van der Waals surface area contributed by atoms with E-state index in [0.717, 1.165) is 62.8 Å². The molecule has 0 spiro atoms. The van der Waals surface area contributed by atoms with Crippen molar-refractivity contribution in [2.45, 2.75) is 38.8 Å². The summed E-state index contributed by atoms with van der Waals surface area (Å²) in [6.07, 6.45) is 4.38. The Labute approximate surface area is 166 Å². The molecule has 0 saturated carbocycles. The van der Waals surface area contributed by atoms with Crippen molar-refractivity contribution in [1.29, 1.82) is 0 Å². The first kappa shape index (κ1) is 19.8. The minimum atomic E-state index is 0.0373. The van der Waals surface area contributed by atoms with Crippen LogP contribution in [-0.4, -0.2) is 48.1 Å². The lowest BCUT2D eigenvalue weighted by atomic mass is 10.1. The zero-order valence-corrected chi connectivity index (χ0v) is 16.6. The number of amides is 2. The molecule has 5 nitrogen and oxygen atoms in total. The zero-order valence-electron chi connectivity index (χ0n) is 15.9. The highest BCUT2D eigenvalue weighted by Crippen LogP contribution is 2.13. The predicted octanol–water partition coefficient (Wildman–Crippen LogP) is 4.17. The van der Waals surface area contributed by atoms with Gasteiger partial charge >= 0.3 is 6.03 Å². The molecule has 1 N–H and O–H groups in total. The van der Waals surface area contributed by atoms with Crippen LogP contribution < -0.4 is 5.32 Å². The Bertz CT molecular complexity index is 703. The molecule has 1 aliphatic rings. The molecule has 1 aromatic carbocycles. The van der Waals surface area contributed by atoms with Crippen molar-refractivity contribution >= 4 is 17.6 Å². The molecule has 1 aromatic heterocycles. The second kappa shape index (κ2) is 9.81. The van der Waals surface area contributed by atoms with Crippen molar-refractivity contribution in [3.63, 3.8) is 0 Å². The minimum absolute atomic E-state index is 0.0373. The number of nitrogens with zero attached hydrogens (tertiary/aromatic N) is 2. The van der Waals surface area contributed by atoms with Gasteiger partial charge < -0.3 is 14.6 Å². The first-order valence-corrected chi connectivity index (χ1v) is 10.0. The standard InChI is InChI=1S/C21H28ClN3O2/c1-17(5-10-20-4-2-15-27-20)23-21(26)25-12-3-11-24(13-14-25)16-18-6-8-19(22)9-7-18/h2,4,6-9,15,17H,3,5,10-14,16H2,1H3,(H,23,26)/t17-/m1/s1. The van der Waals surface area contributed by atoms with Crippen LogP contribution in [0.25, 0.3) is 0 Å². The highest BCUT2D eigenvalue weighted by Gasteiger charge is 2.20. The lowest BCUT2D eigenvalue weighted by molar-refractivity contribution is 0.193. The Morgan fingerprint density at radius 2 is 2.00 bits per heavy atom. The first-order chi connectivity index (χ1) is 13.1. The third-order valence-electron chi connectivity index (χ3n) is 4.97. The maximum atomic E-state index is 12.6. The highest BCUT2D eigenvalue weighted by atomic mass is 35.5. The Hall–Kier alpha value is -1.98.